The summed E-state index contributed by atoms with van der Waals surface area (Å²) >= 11 is 0. The lowest BCUT2D eigenvalue weighted by atomic mass is 10.2. The second-order valence-electron chi connectivity index (χ2n) is 4.55. The van der Waals surface area contributed by atoms with Gasteiger partial charge in [-0.05, 0) is 18.9 Å². The van der Waals surface area contributed by atoms with Crippen molar-refractivity contribution in [3.63, 3.8) is 0 Å². The van der Waals surface area contributed by atoms with Crippen molar-refractivity contribution in [1.29, 1.82) is 0 Å². The number of nitrogens with zero attached hydrogens (tertiary/aromatic N) is 4. The van der Waals surface area contributed by atoms with Gasteiger partial charge in [-0.1, -0.05) is 6.07 Å². The SMILES string of the molecule is O=C(NCc1cccnc1-n1cncn1)[C@@H]1CCCO1. The van der Waals surface area contributed by atoms with E-state index in [0.29, 0.717) is 19.0 Å². The number of hydrogen-bond donors (Lipinski definition) is 1. The van der Waals surface area contributed by atoms with Crippen molar-refractivity contribution in [1.82, 2.24) is 25.1 Å². The molecule has 3 rings (SSSR count). The molecule has 0 bridgehead atoms. The molecule has 0 saturated carbocycles. The first-order valence-electron chi connectivity index (χ1n) is 6.53. The van der Waals surface area contributed by atoms with E-state index < -0.39 is 0 Å². The minimum absolute atomic E-state index is 0.0732. The van der Waals surface area contributed by atoms with Gasteiger partial charge in [0.15, 0.2) is 5.82 Å². The zero-order valence-electron chi connectivity index (χ0n) is 10.9. The molecule has 0 unspecified atom stereocenters. The Morgan fingerprint density at radius 3 is 3.25 bits per heavy atom. The maximum Gasteiger partial charge on any atom is 0.249 e. The third-order valence-corrected chi connectivity index (χ3v) is 3.18. The van der Waals surface area contributed by atoms with Gasteiger partial charge in [-0.25, -0.2) is 14.6 Å². The molecule has 0 aliphatic carbocycles. The molecule has 0 spiro atoms. The van der Waals surface area contributed by atoms with Crippen LogP contribution in [0.1, 0.15) is 18.4 Å². The first-order chi connectivity index (χ1) is 9.84. The summed E-state index contributed by atoms with van der Waals surface area (Å²) in [6.45, 7) is 1.05. The van der Waals surface area contributed by atoms with Gasteiger partial charge >= 0.3 is 0 Å². The minimum atomic E-state index is -0.318. The molecule has 1 saturated heterocycles. The topological polar surface area (TPSA) is 81.9 Å². The standard InChI is InChI=1S/C13H15N5O2/c19-13(11-4-2-6-20-11)16-7-10-3-1-5-15-12(10)18-9-14-8-17-18/h1,3,5,8-9,11H,2,4,6-7H2,(H,16,19)/t11-/m0/s1. The normalized spacial score (nSPS) is 18.1. The number of amides is 1. The van der Waals surface area contributed by atoms with E-state index in [4.69, 9.17) is 4.74 Å². The molecule has 3 heterocycles. The Hall–Kier alpha value is -2.28. The van der Waals surface area contributed by atoms with Crippen molar-refractivity contribution in [3.05, 3.63) is 36.5 Å². The highest BCUT2D eigenvalue weighted by Gasteiger charge is 2.23. The number of ether oxygens (including phenoxy) is 1. The van der Waals surface area contributed by atoms with Crippen molar-refractivity contribution < 1.29 is 9.53 Å². The van der Waals surface area contributed by atoms with Crippen LogP contribution in [0.5, 0.6) is 0 Å². The molecule has 2 aromatic rings. The summed E-state index contributed by atoms with van der Waals surface area (Å²) in [5.41, 5.74) is 0.879. The zero-order chi connectivity index (χ0) is 13.8. The van der Waals surface area contributed by atoms with Gasteiger partial charge in [-0.3, -0.25) is 4.79 Å². The maximum absolute atomic E-state index is 11.9. The van der Waals surface area contributed by atoms with Gasteiger partial charge in [0.1, 0.15) is 18.8 Å². The molecule has 1 aliphatic rings. The quantitative estimate of drug-likeness (QED) is 0.875. The summed E-state index contributed by atoms with van der Waals surface area (Å²) in [5, 5.41) is 6.94. The van der Waals surface area contributed by atoms with Crippen LogP contribution in [0.25, 0.3) is 5.82 Å². The lowest BCUT2D eigenvalue weighted by Gasteiger charge is -2.12. The van der Waals surface area contributed by atoms with Crippen LogP contribution in [0.2, 0.25) is 0 Å². The summed E-state index contributed by atoms with van der Waals surface area (Å²) < 4.78 is 6.93. The summed E-state index contributed by atoms with van der Waals surface area (Å²) in [6, 6.07) is 3.73. The molecular formula is C13H15N5O2. The van der Waals surface area contributed by atoms with E-state index in [-0.39, 0.29) is 12.0 Å². The Morgan fingerprint density at radius 2 is 2.50 bits per heavy atom. The van der Waals surface area contributed by atoms with Crippen LogP contribution in [-0.4, -0.2) is 38.4 Å². The number of aromatic nitrogens is 4. The highest BCUT2D eigenvalue weighted by Crippen LogP contribution is 2.13. The number of hydrogen-bond acceptors (Lipinski definition) is 5. The first kappa shape index (κ1) is 12.7. The fourth-order valence-electron chi connectivity index (χ4n) is 2.17. The van der Waals surface area contributed by atoms with Gasteiger partial charge in [0, 0.05) is 24.9 Å². The Labute approximate surface area is 116 Å². The number of pyridine rings is 1. The van der Waals surface area contributed by atoms with Crippen LogP contribution < -0.4 is 5.32 Å². The molecule has 2 aromatic heterocycles. The Kier molecular flexibility index (Phi) is 3.69. The average molecular weight is 273 g/mol. The lowest BCUT2D eigenvalue weighted by Crippen LogP contribution is -2.33. The van der Waals surface area contributed by atoms with Gasteiger partial charge in [0.2, 0.25) is 5.91 Å². The van der Waals surface area contributed by atoms with Crippen molar-refractivity contribution in [2.75, 3.05) is 6.61 Å². The molecule has 104 valence electrons. The number of carbonyl (C=O) groups is 1. The zero-order valence-corrected chi connectivity index (χ0v) is 10.9. The van der Waals surface area contributed by atoms with Crippen LogP contribution in [0.4, 0.5) is 0 Å². The summed E-state index contributed by atoms with van der Waals surface area (Å²) in [7, 11) is 0. The molecular weight excluding hydrogens is 258 g/mol. The van der Waals surface area contributed by atoms with Crippen LogP contribution >= 0.6 is 0 Å². The molecule has 7 heteroatoms. The van der Waals surface area contributed by atoms with Crippen molar-refractivity contribution in [2.24, 2.45) is 0 Å². The van der Waals surface area contributed by atoms with Crippen molar-refractivity contribution in [2.45, 2.75) is 25.5 Å². The number of nitrogens with one attached hydrogen (secondary N) is 1. The predicted octanol–water partition coefficient (Wildman–Crippen LogP) is 0.457. The van der Waals surface area contributed by atoms with Crippen LogP contribution in [0.15, 0.2) is 31.0 Å². The molecule has 1 aliphatic heterocycles. The van der Waals surface area contributed by atoms with E-state index in [1.54, 1.807) is 17.2 Å². The van der Waals surface area contributed by atoms with Crippen molar-refractivity contribution in [3.8, 4) is 5.82 Å². The Bertz CT molecular complexity index is 578. The average Bonchev–Trinajstić information content (AvgIpc) is 3.17. The fourth-order valence-corrected chi connectivity index (χ4v) is 2.17. The van der Waals surface area contributed by atoms with Crippen LogP contribution in [0, 0.1) is 0 Å². The van der Waals surface area contributed by atoms with Gasteiger partial charge in [-0.15, -0.1) is 0 Å². The second kappa shape index (κ2) is 5.79. The number of carbonyl (C=O) groups excluding carboxylic acids is 1. The minimum Gasteiger partial charge on any atom is -0.368 e. The molecule has 7 nitrogen and oxygen atoms in total. The summed E-state index contributed by atoms with van der Waals surface area (Å²) in [4.78, 5) is 20.1. The van der Waals surface area contributed by atoms with Gasteiger partial charge < -0.3 is 10.1 Å². The van der Waals surface area contributed by atoms with Crippen molar-refractivity contribution >= 4 is 5.91 Å². The molecule has 0 aromatic carbocycles. The second-order valence-corrected chi connectivity index (χ2v) is 4.55. The van der Waals surface area contributed by atoms with E-state index in [1.807, 2.05) is 12.1 Å². The first-order valence-corrected chi connectivity index (χ1v) is 6.53. The third kappa shape index (κ3) is 2.67. The van der Waals surface area contributed by atoms with E-state index >= 15 is 0 Å². The van der Waals surface area contributed by atoms with E-state index in [2.05, 4.69) is 20.4 Å². The summed E-state index contributed by atoms with van der Waals surface area (Å²) in [6.07, 6.45) is 6.12. The largest absolute Gasteiger partial charge is 0.368 e. The molecule has 0 radical (unpaired) electrons. The third-order valence-electron chi connectivity index (χ3n) is 3.18. The highest BCUT2D eigenvalue weighted by atomic mass is 16.5. The Morgan fingerprint density at radius 1 is 1.55 bits per heavy atom. The number of rotatable bonds is 4. The molecule has 1 atom stereocenters. The Balaban J connectivity index is 1.70. The van der Waals surface area contributed by atoms with Crippen LogP contribution in [-0.2, 0) is 16.1 Å². The monoisotopic (exact) mass is 273 g/mol. The molecule has 1 fully saturated rings. The maximum atomic E-state index is 11.9. The molecule has 1 amide bonds. The highest BCUT2D eigenvalue weighted by molar-refractivity contribution is 5.81. The summed E-state index contributed by atoms with van der Waals surface area (Å²) in [5.74, 6) is 0.591. The molecule has 1 N–H and O–H groups in total. The predicted molar refractivity (Wildman–Crippen MR) is 70.0 cm³/mol. The lowest BCUT2D eigenvalue weighted by molar-refractivity contribution is -0.130. The van der Waals surface area contributed by atoms with E-state index in [1.165, 1.54) is 6.33 Å². The van der Waals surface area contributed by atoms with E-state index in [0.717, 1.165) is 18.4 Å². The van der Waals surface area contributed by atoms with Gasteiger partial charge in [0.25, 0.3) is 0 Å². The molecule has 20 heavy (non-hydrogen) atoms. The van der Waals surface area contributed by atoms with Gasteiger partial charge in [-0.2, -0.15) is 5.10 Å². The fraction of sp³-hybridized carbons (Fsp3) is 0.385. The van der Waals surface area contributed by atoms with E-state index in [9.17, 15) is 4.79 Å². The smallest absolute Gasteiger partial charge is 0.249 e. The van der Waals surface area contributed by atoms with Gasteiger partial charge in [0.05, 0.1) is 0 Å². The van der Waals surface area contributed by atoms with Crippen LogP contribution in [0.3, 0.4) is 0 Å².